The summed E-state index contributed by atoms with van der Waals surface area (Å²) < 4.78 is 7.09. The number of aryl methyl sites for hydroxylation is 1. The van der Waals surface area contributed by atoms with Gasteiger partial charge in [0.15, 0.2) is 0 Å². The molecule has 25 heavy (non-hydrogen) atoms. The third-order valence-electron chi connectivity index (χ3n) is 4.23. The van der Waals surface area contributed by atoms with Gasteiger partial charge in [-0.15, -0.1) is 0 Å². The van der Waals surface area contributed by atoms with Crippen molar-refractivity contribution in [2.45, 2.75) is 52.2 Å². The van der Waals surface area contributed by atoms with E-state index in [1.54, 1.807) is 28.8 Å². The number of rotatable bonds is 3. The van der Waals surface area contributed by atoms with Crippen LogP contribution in [0.5, 0.6) is 0 Å². The predicted octanol–water partition coefficient (Wildman–Crippen LogP) is 2.21. The quantitative estimate of drug-likeness (QED) is 0.850. The maximum absolute atomic E-state index is 12.5. The summed E-state index contributed by atoms with van der Waals surface area (Å²) in [6, 6.07) is -0.215. The number of allylic oxidation sites excluding steroid dienone is 1. The number of hydrogen-bond acceptors (Lipinski definition) is 4. The minimum Gasteiger partial charge on any atom is -0.444 e. The molecule has 1 aromatic heterocycles. The molecule has 1 aliphatic rings. The lowest BCUT2D eigenvalue weighted by atomic mass is 9.97. The van der Waals surface area contributed by atoms with Gasteiger partial charge in [-0.2, -0.15) is 5.10 Å². The molecule has 0 bridgehead atoms. The van der Waals surface area contributed by atoms with Crippen LogP contribution in [-0.4, -0.2) is 51.4 Å². The van der Waals surface area contributed by atoms with Gasteiger partial charge in [-0.25, -0.2) is 4.79 Å². The summed E-state index contributed by atoms with van der Waals surface area (Å²) in [6.07, 6.45) is 5.04. The highest BCUT2D eigenvalue weighted by molar-refractivity contribution is 5.93. The van der Waals surface area contributed by atoms with Crippen molar-refractivity contribution in [1.29, 1.82) is 0 Å². The highest BCUT2D eigenvalue weighted by Crippen LogP contribution is 2.28. The zero-order chi connectivity index (χ0) is 18.8. The van der Waals surface area contributed by atoms with E-state index in [1.165, 1.54) is 0 Å². The van der Waals surface area contributed by atoms with Crippen LogP contribution in [0.1, 0.15) is 46.1 Å². The zero-order valence-corrected chi connectivity index (χ0v) is 15.9. The van der Waals surface area contributed by atoms with Gasteiger partial charge in [-0.1, -0.05) is 6.08 Å². The Morgan fingerprint density at radius 3 is 2.56 bits per heavy atom. The van der Waals surface area contributed by atoms with Crippen molar-refractivity contribution < 1.29 is 14.3 Å². The Morgan fingerprint density at radius 2 is 2.04 bits per heavy atom. The van der Waals surface area contributed by atoms with Gasteiger partial charge in [-0.05, 0) is 40.2 Å². The average Bonchev–Trinajstić information content (AvgIpc) is 3.10. The van der Waals surface area contributed by atoms with E-state index in [0.29, 0.717) is 18.7 Å². The third-order valence-corrected chi connectivity index (χ3v) is 4.23. The predicted molar refractivity (Wildman–Crippen MR) is 95.1 cm³/mol. The molecule has 0 aliphatic carbocycles. The number of amides is 2. The first-order chi connectivity index (χ1) is 11.6. The summed E-state index contributed by atoms with van der Waals surface area (Å²) in [5.41, 5.74) is 1.13. The zero-order valence-electron chi connectivity index (χ0n) is 15.9. The molecule has 0 spiro atoms. The summed E-state index contributed by atoms with van der Waals surface area (Å²) in [7, 11) is 1.85. The number of ether oxygens (including phenoxy) is 1. The molecule has 7 heteroatoms. The normalized spacial score (nSPS) is 21.4. The minimum atomic E-state index is -0.566. The molecular weight excluding hydrogens is 320 g/mol. The van der Waals surface area contributed by atoms with E-state index >= 15 is 0 Å². The summed E-state index contributed by atoms with van der Waals surface area (Å²) in [5, 5.41) is 7.14. The van der Waals surface area contributed by atoms with Gasteiger partial charge in [0, 0.05) is 37.8 Å². The first kappa shape index (κ1) is 19.0. The van der Waals surface area contributed by atoms with Crippen molar-refractivity contribution in [3.8, 4) is 0 Å². The molecule has 0 unspecified atom stereocenters. The van der Waals surface area contributed by atoms with E-state index in [1.807, 2.05) is 40.9 Å². The van der Waals surface area contributed by atoms with Crippen LogP contribution < -0.4 is 5.32 Å². The number of aromatic nitrogens is 2. The number of carbonyl (C=O) groups excluding carboxylic acids is 2. The lowest BCUT2D eigenvalue weighted by Gasteiger charge is -2.23. The van der Waals surface area contributed by atoms with Crippen LogP contribution in [0.3, 0.4) is 0 Å². The van der Waals surface area contributed by atoms with Gasteiger partial charge < -0.3 is 15.0 Å². The SMILES string of the molecule is C/C=C(\C)C(=O)N1C[C@@H](NC(=O)OC(C)(C)C)[C@H](c2cnn(C)c2)C1. The van der Waals surface area contributed by atoms with E-state index < -0.39 is 11.7 Å². The maximum Gasteiger partial charge on any atom is 0.407 e. The highest BCUT2D eigenvalue weighted by Gasteiger charge is 2.38. The van der Waals surface area contributed by atoms with E-state index in [0.717, 1.165) is 5.56 Å². The Labute approximate surface area is 149 Å². The smallest absolute Gasteiger partial charge is 0.407 e. The molecule has 138 valence electrons. The number of hydrogen-bond donors (Lipinski definition) is 1. The Kier molecular flexibility index (Phi) is 5.55. The van der Waals surface area contributed by atoms with Crippen LogP contribution in [-0.2, 0) is 16.6 Å². The monoisotopic (exact) mass is 348 g/mol. The number of carbonyl (C=O) groups is 2. The first-order valence-electron chi connectivity index (χ1n) is 8.51. The molecular formula is C18H28N4O3. The largest absolute Gasteiger partial charge is 0.444 e. The average molecular weight is 348 g/mol. The maximum atomic E-state index is 12.5. The van der Waals surface area contributed by atoms with Gasteiger partial charge in [-0.3, -0.25) is 9.48 Å². The van der Waals surface area contributed by atoms with Gasteiger partial charge >= 0.3 is 6.09 Å². The first-order valence-corrected chi connectivity index (χ1v) is 8.51. The molecule has 1 fully saturated rings. The lowest BCUT2D eigenvalue weighted by Crippen LogP contribution is -2.43. The Morgan fingerprint density at radius 1 is 1.36 bits per heavy atom. The number of alkyl carbamates (subject to hydrolysis) is 1. The fraction of sp³-hybridized carbons (Fsp3) is 0.611. The van der Waals surface area contributed by atoms with E-state index in [4.69, 9.17) is 4.74 Å². The summed E-state index contributed by atoms with van der Waals surface area (Å²) in [6.45, 7) is 10.1. The molecule has 1 saturated heterocycles. The van der Waals surface area contributed by atoms with Crippen molar-refractivity contribution >= 4 is 12.0 Å². The van der Waals surface area contributed by atoms with Gasteiger partial charge in [0.1, 0.15) is 5.60 Å². The number of nitrogens with one attached hydrogen (secondary N) is 1. The molecule has 0 aromatic carbocycles. The van der Waals surface area contributed by atoms with E-state index in [2.05, 4.69) is 10.4 Å². The van der Waals surface area contributed by atoms with Crippen molar-refractivity contribution in [3.63, 3.8) is 0 Å². The molecule has 2 amide bonds. The third kappa shape index (κ3) is 4.84. The summed E-state index contributed by atoms with van der Waals surface area (Å²) in [5.74, 6) is -0.0281. The highest BCUT2D eigenvalue weighted by atomic mass is 16.6. The fourth-order valence-corrected chi connectivity index (χ4v) is 2.92. The van der Waals surface area contributed by atoms with Crippen molar-refractivity contribution in [1.82, 2.24) is 20.0 Å². The molecule has 1 N–H and O–H groups in total. The standard InChI is InChI=1S/C18H28N4O3/c1-7-12(2)16(23)22-10-14(13-8-19-21(6)9-13)15(11-22)20-17(24)25-18(3,4)5/h7-9,14-15H,10-11H2,1-6H3,(H,20,24)/b12-7+/t14-,15+/m0/s1. The lowest BCUT2D eigenvalue weighted by molar-refractivity contribution is -0.126. The molecule has 2 heterocycles. The molecule has 2 rings (SSSR count). The summed E-state index contributed by atoms with van der Waals surface area (Å²) >= 11 is 0. The van der Waals surface area contributed by atoms with Crippen LogP contribution in [0, 0.1) is 0 Å². The molecule has 1 aliphatic heterocycles. The molecule has 1 aromatic rings. The Balaban J connectivity index is 2.18. The number of nitrogens with zero attached hydrogens (tertiary/aromatic N) is 3. The van der Waals surface area contributed by atoms with Gasteiger partial charge in [0.25, 0.3) is 0 Å². The van der Waals surface area contributed by atoms with Crippen LogP contribution >= 0.6 is 0 Å². The topological polar surface area (TPSA) is 76.5 Å². The van der Waals surface area contributed by atoms with Gasteiger partial charge in [0.2, 0.25) is 5.91 Å². The second kappa shape index (κ2) is 7.29. The van der Waals surface area contributed by atoms with Crippen LogP contribution in [0.25, 0.3) is 0 Å². The second-order valence-electron chi connectivity index (χ2n) is 7.49. The minimum absolute atomic E-state index is 0.00937. The van der Waals surface area contributed by atoms with Crippen molar-refractivity contribution in [3.05, 3.63) is 29.6 Å². The van der Waals surface area contributed by atoms with Crippen LogP contribution in [0.4, 0.5) is 4.79 Å². The van der Waals surface area contributed by atoms with Crippen LogP contribution in [0.15, 0.2) is 24.0 Å². The molecule has 2 atom stereocenters. The molecule has 7 nitrogen and oxygen atoms in total. The summed E-state index contributed by atoms with van der Waals surface area (Å²) in [4.78, 5) is 26.5. The Bertz CT molecular complexity index is 672. The fourth-order valence-electron chi connectivity index (χ4n) is 2.92. The van der Waals surface area contributed by atoms with E-state index in [-0.39, 0.29) is 17.9 Å². The molecule has 0 radical (unpaired) electrons. The van der Waals surface area contributed by atoms with Crippen molar-refractivity contribution in [2.75, 3.05) is 13.1 Å². The second-order valence-corrected chi connectivity index (χ2v) is 7.49. The Hall–Kier alpha value is -2.31. The molecule has 0 saturated carbocycles. The van der Waals surface area contributed by atoms with E-state index in [9.17, 15) is 9.59 Å². The van der Waals surface area contributed by atoms with Gasteiger partial charge in [0.05, 0.1) is 12.2 Å². The van der Waals surface area contributed by atoms with Crippen LogP contribution in [0.2, 0.25) is 0 Å². The number of likely N-dealkylation sites (tertiary alicyclic amines) is 1. The van der Waals surface area contributed by atoms with Crippen molar-refractivity contribution in [2.24, 2.45) is 7.05 Å².